The maximum Gasteiger partial charge on any atom is 0.250 e. The van der Waals surface area contributed by atoms with Crippen molar-refractivity contribution >= 4 is 33.0 Å². The molecule has 7 heteroatoms. The maximum absolute atomic E-state index is 11.7. The van der Waals surface area contributed by atoms with Gasteiger partial charge in [0.05, 0.1) is 10.9 Å². The molecule has 0 aromatic carbocycles. The number of halogens is 1. The first-order valence-corrected chi connectivity index (χ1v) is 7.06. The average molecular weight is 270 g/mol. The van der Waals surface area contributed by atoms with Gasteiger partial charge in [-0.05, 0) is 18.6 Å². The van der Waals surface area contributed by atoms with E-state index in [1.165, 1.54) is 12.1 Å². The Morgan fingerprint density at radius 1 is 1.60 bits per heavy atom. The summed E-state index contributed by atoms with van der Waals surface area (Å²) in [5.41, 5.74) is 0. The zero-order valence-corrected chi connectivity index (χ0v) is 10.5. The lowest BCUT2D eigenvalue weighted by molar-refractivity contribution is 0.254. The van der Waals surface area contributed by atoms with Crippen molar-refractivity contribution in [3.05, 3.63) is 16.5 Å². The monoisotopic (exact) mass is 269 g/mol. The van der Waals surface area contributed by atoms with Gasteiger partial charge in [0.1, 0.15) is 4.21 Å². The Bertz CT molecular complexity index is 411. The lowest BCUT2D eigenvalue weighted by Gasteiger charge is -2.12. The molecule has 0 saturated heterocycles. The van der Waals surface area contributed by atoms with Gasteiger partial charge in [-0.1, -0.05) is 18.5 Å². The van der Waals surface area contributed by atoms with Gasteiger partial charge >= 0.3 is 0 Å². The number of sulfonamides is 1. The van der Waals surface area contributed by atoms with E-state index < -0.39 is 16.1 Å². The van der Waals surface area contributed by atoms with Crippen LogP contribution in [0.25, 0.3) is 0 Å². The molecule has 0 amide bonds. The molecule has 0 radical (unpaired) electrons. The minimum Gasteiger partial charge on any atom is -0.395 e. The van der Waals surface area contributed by atoms with E-state index in [1.807, 2.05) is 0 Å². The first-order chi connectivity index (χ1) is 6.99. The molecule has 0 saturated carbocycles. The summed E-state index contributed by atoms with van der Waals surface area (Å²) in [7, 11) is -3.54. The highest BCUT2D eigenvalue weighted by Gasteiger charge is 2.20. The Labute approximate surface area is 97.9 Å². The van der Waals surface area contributed by atoms with Crippen molar-refractivity contribution in [2.45, 2.75) is 23.6 Å². The standard InChI is InChI=1S/C8H12ClNO3S2/c1-2-6(5-11)10-15(12,13)8-4-3-7(9)14-8/h3-4,6,10-11H,2,5H2,1H3/t6-/m1/s1. The largest absolute Gasteiger partial charge is 0.395 e. The summed E-state index contributed by atoms with van der Waals surface area (Å²) in [6.45, 7) is 1.58. The summed E-state index contributed by atoms with van der Waals surface area (Å²) < 4.78 is 26.4. The molecule has 1 rings (SSSR count). The Balaban J connectivity index is 2.84. The maximum atomic E-state index is 11.7. The van der Waals surface area contributed by atoms with Gasteiger partial charge in [-0.15, -0.1) is 11.3 Å². The summed E-state index contributed by atoms with van der Waals surface area (Å²) in [6, 6.07) is 2.52. The Morgan fingerprint density at radius 3 is 2.67 bits per heavy atom. The molecule has 0 spiro atoms. The van der Waals surface area contributed by atoms with E-state index >= 15 is 0 Å². The molecule has 86 valence electrons. The molecule has 0 unspecified atom stereocenters. The van der Waals surface area contributed by atoms with E-state index in [9.17, 15) is 8.42 Å². The van der Waals surface area contributed by atoms with Crippen LogP contribution in [-0.2, 0) is 10.0 Å². The molecule has 1 atom stereocenters. The lowest BCUT2D eigenvalue weighted by Crippen LogP contribution is -2.36. The van der Waals surface area contributed by atoms with Crippen LogP contribution >= 0.6 is 22.9 Å². The fourth-order valence-corrected chi connectivity index (χ4v) is 3.78. The third-order valence-electron chi connectivity index (χ3n) is 1.85. The summed E-state index contributed by atoms with van der Waals surface area (Å²) >= 11 is 6.64. The second-order valence-corrected chi connectivity index (χ2v) is 6.62. The average Bonchev–Trinajstić information content (AvgIpc) is 2.62. The van der Waals surface area contributed by atoms with Crippen molar-refractivity contribution in [2.24, 2.45) is 0 Å². The summed E-state index contributed by atoms with van der Waals surface area (Å²) in [5, 5.41) is 8.89. The predicted octanol–water partition coefficient (Wildman–Crippen LogP) is 1.45. The highest BCUT2D eigenvalue weighted by molar-refractivity contribution is 7.91. The SMILES string of the molecule is CC[C@H](CO)NS(=O)(=O)c1ccc(Cl)s1. The molecule has 0 aliphatic heterocycles. The summed E-state index contributed by atoms with van der Waals surface area (Å²) in [6.07, 6.45) is 0.537. The zero-order valence-electron chi connectivity index (χ0n) is 8.10. The van der Waals surface area contributed by atoms with E-state index in [1.54, 1.807) is 6.92 Å². The van der Waals surface area contributed by atoms with Crippen LogP contribution in [0.15, 0.2) is 16.3 Å². The van der Waals surface area contributed by atoms with Crippen molar-refractivity contribution in [3.8, 4) is 0 Å². The number of hydrogen-bond donors (Lipinski definition) is 2. The number of rotatable bonds is 5. The number of nitrogens with one attached hydrogen (secondary N) is 1. The van der Waals surface area contributed by atoms with Crippen LogP contribution < -0.4 is 4.72 Å². The molecule has 0 bridgehead atoms. The molecule has 0 fully saturated rings. The minimum absolute atomic E-state index is 0.166. The lowest BCUT2D eigenvalue weighted by atomic mass is 10.3. The van der Waals surface area contributed by atoms with Gasteiger partial charge in [-0.3, -0.25) is 0 Å². The van der Waals surface area contributed by atoms with Crippen LogP contribution in [0.2, 0.25) is 4.34 Å². The van der Waals surface area contributed by atoms with Crippen molar-refractivity contribution < 1.29 is 13.5 Å². The third kappa shape index (κ3) is 3.42. The van der Waals surface area contributed by atoms with E-state index in [4.69, 9.17) is 16.7 Å². The van der Waals surface area contributed by atoms with Gasteiger partial charge in [0.2, 0.25) is 10.0 Å². The predicted molar refractivity (Wildman–Crippen MR) is 60.8 cm³/mol. The second kappa shape index (κ2) is 5.27. The first kappa shape index (κ1) is 12.9. The van der Waals surface area contributed by atoms with Crippen LogP contribution in [0, 0.1) is 0 Å². The van der Waals surface area contributed by atoms with Crippen LogP contribution in [0.1, 0.15) is 13.3 Å². The van der Waals surface area contributed by atoms with Gasteiger partial charge < -0.3 is 5.11 Å². The van der Waals surface area contributed by atoms with E-state index in [0.29, 0.717) is 10.8 Å². The van der Waals surface area contributed by atoms with Crippen molar-refractivity contribution in [1.29, 1.82) is 0 Å². The highest BCUT2D eigenvalue weighted by Crippen LogP contribution is 2.25. The zero-order chi connectivity index (χ0) is 11.5. The molecule has 1 heterocycles. The highest BCUT2D eigenvalue weighted by atomic mass is 35.5. The molecule has 15 heavy (non-hydrogen) atoms. The van der Waals surface area contributed by atoms with Crippen LogP contribution in [0.5, 0.6) is 0 Å². The minimum atomic E-state index is -3.54. The van der Waals surface area contributed by atoms with E-state index in [-0.39, 0.29) is 10.8 Å². The fraction of sp³-hybridized carbons (Fsp3) is 0.500. The normalized spacial score (nSPS) is 14.1. The molecule has 1 aromatic heterocycles. The third-order valence-corrected chi connectivity index (χ3v) is 5.09. The van der Waals surface area contributed by atoms with Gasteiger partial charge in [-0.25, -0.2) is 13.1 Å². The Kier molecular flexibility index (Phi) is 4.54. The topological polar surface area (TPSA) is 66.4 Å². The number of aliphatic hydroxyl groups excluding tert-OH is 1. The second-order valence-electron chi connectivity index (χ2n) is 2.97. The molecular formula is C8H12ClNO3S2. The molecular weight excluding hydrogens is 258 g/mol. The van der Waals surface area contributed by atoms with Gasteiger partial charge in [-0.2, -0.15) is 0 Å². The molecule has 0 aliphatic rings. The van der Waals surface area contributed by atoms with Crippen molar-refractivity contribution in [1.82, 2.24) is 4.72 Å². The summed E-state index contributed by atoms with van der Waals surface area (Å²) in [4.78, 5) is 0. The van der Waals surface area contributed by atoms with Gasteiger partial charge in [0.25, 0.3) is 0 Å². The van der Waals surface area contributed by atoms with Gasteiger partial charge in [0.15, 0.2) is 0 Å². The van der Waals surface area contributed by atoms with Crippen LogP contribution in [-0.4, -0.2) is 26.2 Å². The molecule has 2 N–H and O–H groups in total. The molecule has 0 aliphatic carbocycles. The van der Waals surface area contributed by atoms with E-state index in [0.717, 1.165) is 11.3 Å². The molecule has 1 aromatic rings. The van der Waals surface area contributed by atoms with Crippen LogP contribution in [0.4, 0.5) is 0 Å². The number of hydrogen-bond acceptors (Lipinski definition) is 4. The number of thiophene rings is 1. The number of aliphatic hydroxyl groups is 1. The smallest absolute Gasteiger partial charge is 0.250 e. The molecule has 4 nitrogen and oxygen atoms in total. The first-order valence-electron chi connectivity index (χ1n) is 4.38. The Hall–Kier alpha value is -0.140. The van der Waals surface area contributed by atoms with Crippen molar-refractivity contribution in [2.75, 3.05) is 6.61 Å². The van der Waals surface area contributed by atoms with Crippen LogP contribution in [0.3, 0.4) is 0 Å². The fourth-order valence-electron chi connectivity index (χ4n) is 0.969. The quantitative estimate of drug-likeness (QED) is 0.850. The van der Waals surface area contributed by atoms with Gasteiger partial charge in [0, 0.05) is 6.04 Å². The van der Waals surface area contributed by atoms with E-state index in [2.05, 4.69) is 4.72 Å². The summed E-state index contributed by atoms with van der Waals surface area (Å²) in [5.74, 6) is 0. The Morgan fingerprint density at radius 2 is 2.27 bits per heavy atom. The van der Waals surface area contributed by atoms with Crippen molar-refractivity contribution in [3.63, 3.8) is 0 Å².